The SMILES string of the molecule is CC[C@@H](CO)NCc1ccccc1OCc1c(Cl)cccc1Cl. The monoisotopic (exact) mass is 353 g/mol. The number of hydrogen-bond donors (Lipinski definition) is 2. The first kappa shape index (κ1) is 18.1. The van der Waals surface area contributed by atoms with Gasteiger partial charge in [0.25, 0.3) is 0 Å². The number of aliphatic hydroxyl groups is 1. The highest BCUT2D eigenvalue weighted by Crippen LogP contribution is 2.27. The zero-order chi connectivity index (χ0) is 16.7. The second-order valence-corrected chi connectivity index (χ2v) is 6.08. The van der Waals surface area contributed by atoms with E-state index in [0.717, 1.165) is 23.3 Å². The van der Waals surface area contributed by atoms with E-state index in [1.807, 2.05) is 37.3 Å². The molecule has 0 spiro atoms. The summed E-state index contributed by atoms with van der Waals surface area (Å²) >= 11 is 12.3. The molecule has 23 heavy (non-hydrogen) atoms. The van der Waals surface area contributed by atoms with Gasteiger partial charge in [0, 0.05) is 33.8 Å². The van der Waals surface area contributed by atoms with Crippen LogP contribution in [0.25, 0.3) is 0 Å². The van der Waals surface area contributed by atoms with E-state index in [0.29, 0.717) is 23.2 Å². The van der Waals surface area contributed by atoms with Crippen LogP contribution < -0.4 is 10.1 Å². The summed E-state index contributed by atoms with van der Waals surface area (Å²) in [6, 6.07) is 13.3. The van der Waals surface area contributed by atoms with Gasteiger partial charge in [-0.15, -0.1) is 0 Å². The lowest BCUT2D eigenvalue weighted by Gasteiger charge is -2.17. The van der Waals surface area contributed by atoms with Crippen molar-refractivity contribution in [2.75, 3.05) is 6.61 Å². The first-order chi connectivity index (χ1) is 11.2. The van der Waals surface area contributed by atoms with Gasteiger partial charge in [-0.25, -0.2) is 0 Å². The molecule has 0 heterocycles. The molecule has 2 N–H and O–H groups in total. The Hall–Kier alpha value is -1.26. The number of benzene rings is 2. The highest BCUT2D eigenvalue weighted by atomic mass is 35.5. The molecule has 0 fully saturated rings. The van der Waals surface area contributed by atoms with E-state index in [9.17, 15) is 5.11 Å². The van der Waals surface area contributed by atoms with E-state index in [1.54, 1.807) is 12.1 Å². The quantitative estimate of drug-likeness (QED) is 0.737. The molecule has 2 aromatic rings. The van der Waals surface area contributed by atoms with E-state index in [1.165, 1.54) is 0 Å². The van der Waals surface area contributed by atoms with Crippen LogP contribution in [-0.4, -0.2) is 17.8 Å². The lowest BCUT2D eigenvalue weighted by Crippen LogP contribution is -2.31. The maximum atomic E-state index is 9.26. The van der Waals surface area contributed by atoms with Crippen LogP contribution in [0, 0.1) is 0 Å². The zero-order valence-corrected chi connectivity index (χ0v) is 14.6. The Bertz CT molecular complexity index is 610. The maximum absolute atomic E-state index is 9.26. The Morgan fingerprint density at radius 1 is 1.09 bits per heavy atom. The first-order valence-electron chi connectivity index (χ1n) is 7.63. The number of halogens is 2. The average molecular weight is 354 g/mol. The third-order valence-electron chi connectivity index (χ3n) is 3.70. The first-order valence-corrected chi connectivity index (χ1v) is 8.39. The highest BCUT2D eigenvalue weighted by Gasteiger charge is 2.10. The van der Waals surface area contributed by atoms with Gasteiger partial charge in [-0.05, 0) is 24.6 Å². The summed E-state index contributed by atoms with van der Waals surface area (Å²) in [6.07, 6.45) is 0.870. The molecule has 0 unspecified atom stereocenters. The highest BCUT2D eigenvalue weighted by molar-refractivity contribution is 6.35. The van der Waals surface area contributed by atoms with Gasteiger partial charge in [-0.1, -0.05) is 54.4 Å². The van der Waals surface area contributed by atoms with Crippen LogP contribution in [0.2, 0.25) is 10.0 Å². The number of rotatable bonds is 8. The Kier molecular flexibility index (Phi) is 7.18. The molecule has 0 saturated heterocycles. The third kappa shape index (κ3) is 5.11. The molecule has 124 valence electrons. The van der Waals surface area contributed by atoms with Crippen LogP contribution in [0.15, 0.2) is 42.5 Å². The van der Waals surface area contributed by atoms with Crippen molar-refractivity contribution in [1.82, 2.24) is 5.32 Å². The Morgan fingerprint density at radius 2 is 1.78 bits per heavy atom. The van der Waals surface area contributed by atoms with Gasteiger partial charge in [0.15, 0.2) is 0 Å². The summed E-state index contributed by atoms with van der Waals surface area (Å²) in [7, 11) is 0. The van der Waals surface area contributed by atoms with E-state index < -0.39 is 0 Å². The van der Waals surface area contributed by atoms with Gasteiger partial charge in [0.1, 0.15) is 12.4 Å². The molecule has 1 atom stereocenters. The van der Waals surface area contributed by atoms with Crippen LogP contribution in [-0.2, 0) is 13.2 Å². The largest absolute Gasteiger partial charge is 0.488 e. The predicted molar refractivity (Wildman–Crippen MR) is 95.2 cm³/mol. The van der Waals surface area contributed by atoms with Crippen molar-refractivity contribution in [2.45, 2.75) is 32.5 Å². The van der Waals surface area contributed by atoms with Crippen molar-refractivity contribution in [3.05, 3.63) is 63.6 Å². The van der Waals surface area contributed by atoms with Gasteiger partial charge in [0.05, 0.1) is 6.61 Å². The minimum absolute atomic E-state index is 0.0843. The zero-order valence-electron chi connectivity index (χ0n) is 13.1. The molecule has 0 amide bonds. The van der Waals surface area contributed by atoms with Gasteiger partial charge >= 0.3 is 0 Å². The second kappa shape index (κ2) is 9.14. The summed E-state index contributed by atoms with van der Waals surface area (Å²) in [5.74, 6) is 0.781. The van der Waals surface area contributed by atoms with Crippen LogP contribution in [0.1, 0.15) is 24.5 Å². The number of nitrogens with one attached hydrogen (secondary N) is 1. The van der Waals surface area contributed by atoms with Gasteiger partial charge in [-0.3, -0.25) is 0 Å². The predicted octanol–water partition coefficient (Wildman–Crippen LogP) is 4.43. The number of ether oxygens (including phenoxy) is 1. The summed E-state index contributed by atoms with van der Waals surface area (Å²) < 4.78 is 5.91. The molecule has 0 aromatic heterocycles. The average Bonchev–Trinajstić information content (AvgIpc) is 2.56. The summed E-state index contributed by atoms with van der Waals surface area (Å²) in [5, 5.41) is 13.8. The van der Waals surface area contributed by atoms with Crippen LogP contribution >= 0.6 is 23.2 Å². The lowest BCUT2D eigenvalue weighted by atomic mass is 10.1. The third-order valence-corrected chi connectivity index (χ3v) is 4.41. The minimum Gasteiger partial charge on any atom is -0.488 e. The van der Waals surface area contributed by atoms with E-state index in [2.05, 4.69) is 5.32 Å². The molecule has 2 rings (SSSR count). The number of hydrogen-bond acceptors (Lipinski definition) is 3. The van der Waals surface area contributed by atoms with Crippen molar-refractivity contribution in [3.63, 3.8) is 0 Å². The molecule has 3 nitrogen and oxygen atoms in total. The maximum Gasteiger partial charge on any atom is 0.124 e. The molecule has 0 aliphatic carbocycles. The van der Waals surface area contributed by atoms with Crippen molar-refractivity contribution in [1.29, 1.82) is 0 Å². The topological polar surface area (TPSA) is 41.5 Å². The molecule has 0 bridgehead atoms. The number of aliphatic hydroxyl groups excluding tert-OH is 1. The standard InChI is InChI=1S/C18H21Cl2NO2/c1-2-14(11-22)21-10-13-6-3-4-9-18(13)23-12-15-16(19)7-5-8-17(15)20/h3-9,14,21-22H,2,10-12H2,1H3/t14-/m0/s1. The Labute approximate surface area is 147 Å². The van der Waals surface area contributed by atoms with E-state index in [-0.39, 0.29) is 12.6 Å². The molecule has 5 heteroatoms. The fourth-order valence-corrected chi connectivity index (χ4v) is 2.71. The van der Waals surface area contributed by atoms with Crippen molar-refractivity contribution in [2.24, 2.45) is 0 Å². The van der Waals surface area contributed by atoms with Crippen LogP contribution in [0.3, 0.4) is 0 Å². The molecular formula is C18H21Cl2NO2. The fraction of sp³-hybridized carbons (Fsp3) is 0.333. The van der Waals surface area contributed by atoms with E-state index in [4.69, 9.17) is 27.9 Å². The van der Waals surface area contributed by atoms with Gasteiger partial charge in [-0.2, -0.15) is 0 Å². The minimum atomic E-state index is 0.0843. The molecule has 0 saturated carbocycles. The van der Waals surface area contributed by atoms with Crippen molar-refractivity contribution < 1.29 is 9.84 Å². The number of para-hydroxylation sites is 1. The molecule has 0 aliphatic heterocycles. The van der Waals surface area contributed by atoms with Crippen LogP contribution in [0.5, 0.6) is 5.75 Å². The molecule has 2 aromatic carbocycles. The molecular weight excluding hydrogens is 333 g/mol. The molecule has 0 aliphatic rings. The summed E-state index contributed by atoms with van der Waals surface area (Å²) in [4.78, 5) is 0. The van der Waals surface area contributed by atoms with Crippen LogP contribution in [0.4, 0.5) is 0 Å². The van der Waals surface area contributed by atoms with Crippen molar-refractivity contribution >= 4 is 23.2 Å². The Balaban J connectivity index is 2.05. The van der Waals surface area contributed by atoms with E-state index >= 15 is 0 Å². The Morgan fingerprint density at radius 3 is 2.43 bits per heavy atom. The second-order valence-electron chi connectivity index (χ2n) is 5.27. The normalized spacial score (nSPS) is 12.2. The van der Waals surface area contributed by atoms with Crippen molar-refractivity contribution in [3.8, 4) is 5.75 Å². The van der Waals surface area contributed by atoms with Gasteiger partial charge in [0.2, 0.25) is 0 Å². The summed E-state index contributed by atoms with van der Waals surface area (Å²) in [6.45, 7) is 3.10. The fourth-order valence-electron chi connectivity index (χ4n) is 2.20. The smallest absolute Gasteiger partial charge is 0.124 e. The van der Waals surface area contributed by atoms with Gasteiger partial charge < -0.3 is 15.2 Å². The summed E-state index contributed by atoms with van der Waals surface area (Å²) in [5.41, 5.74) is 1.81. The molecule has 0 radical (unpaired) electrons. The lowest BCUT2D eigenvalue weighted by molar-refractivity contribution is 0.237.